The number of amides is 1. The summed E-state index contributed by atoms with van der Waals surface area (Å²) >= 11 is 0. The van der Waals surface area contributed by atoms with Crippen molar-refractivity contribution in [3.8, 4) is 0 Å². The van der Waals surface area contributed by atoms with E-state index in [1.165, 1.54) is 32.1 Å². The Hall–Kier alpha value is -1.84. The number of imidazole rings is 1. The summed E-state index contributed by atoms with van der Waals surface area (Å²) in [6.07, 6.45) is 8.60. The van der Waals surface area contributed by atoms with Crippen molar-refractivity contribution >= 4 is 16.9 Å². The van der Waals surface area contributed by atoms with Crippen LogP contribution in [0.3, 0.4) is 0 Å². The molecule has 2 aromatic rings. The maximum atomic E-state index is 12.5. The standard InChI is InChI=1S/C18H25N3O/c1-13-19-16-12-14(10-11-17(16)21(13)2)18(22)20-15-8-6-4-3-5-7-9-15/h10-12,15H,3-9H2,1-2H3,(H,20,22). The van der Waals surface area contributed by atoms with Crippen LogP contribution < -0.4 is 5.32 Å². The summed E-state index contributed by atoms with van der Waals surface area (Å²) in [5.41, 5.74) is 2.68. The minimum atomic E-state index is 0.0378. The van der Waals surface area contributed by atoms with E-state index in [0.717, 1.165) is 29.7 Å². The quantitative estimate of drug-likeness (QED) is 0.918. The van der Waals surface area contributed by atoms with Gasteiger partial charge in [0.15, 0.2) is 0 Å². The number of hydrogen-bond donors (Lipinski definition) is 1. The molecule has 0 bridgehead atoms. The molecular formula is C18H25N3O. The predicted octanol–water partition coefficient (Wildman–Crippen LogP) is 3.72. The van der Waals surface area contributed by atoms with Crippen LogP contribution in [0.2, 0.25) is 0 Å². The van der Waals surface area contributed by atoms with Gasteiger partial charge in [-0.05, 0) is 38.0 Å². The molecule has 0 radical (unpaired) electrons. The van der Waals surface area contributed by atoms with E-state index in [4.69, 9.17) is 0 Å². The van der Waals surface area contributed by atoms with Crippen LogP contribution in [0.1, 0.15) is 61.1 Å². The number of fused-ring (bicyclic) bond motifs is 1. The average molecular weight is 299 g/mol. The van der Waals surface area contributed by atoms with E-state index in [9.17, 15) is 4.79 Å². The molecule has 1 amide bonds. The predicted molar refractivity (Wildman–Crippen MR) is 89.0 cm³/mol. The zero-order valence-corrected chi connectivity index (χ0v) is 13.6. The van der Waals surface area contributed by atoms with E-state index in [0.29, 0.717) is 11.6 Å². The van der Waals surface area contributed by atoms with Gasteiger partial charge in [0.05, 0.1) is 11.0 Å². The van der Waals surface area contributed by atoms with E-state index in [1.807, 2.05) is 36.7 Å². The van der Waals surface area contributed by atoms with Crippen molar-refractivity contribution in [1.82, 2.24) is 14.9 Å². The fraction of sp³-hybridized carbons (Fsp3) is 0.556. The first-order valence-corrected chi connectivity index (χ1v) is 8.39. The molecule has 0 saturated heterocycles. The monoisotopic (exact) mass is 299 g/mol. The SMILES string of the molecule is Cc1nc2cc(C(=O)NC3CCCCCCC3)ccc2n1C. The smallest absolute Gasteiger partial charge is 0.251 e. The zero-order valence-electron chi connectivity index (χ0n) is 13.6. The zero-order chi connectivity index (χ0) is 15.5. The largest absolute Gasteiger partial charge is 0.349 e. The van der Waals surface area contributed by atoms with E-state index in [2.05, 4.69) is 10.3 Å². The molecule has 1 aliphatic carbocycles. The van der Waals surface area contributed by atoms with Gasteiger partial charge < -0.3 is 9.88 Å². The van der Waals surface area contributed by atoms with Gasteiger partial charge in [-0.15, -0.1) is 0 Å². The fourth-order valence-corrected chi connectivity index (χ4v) is 3.33. The second kappa shape index (κ2) is 6.51. The molecule has 4 nitrogen and oxygen atoms in total. The van der Waals surface area contributed by atoms with Crippen LogP contribution in [0.5, 0.6) is 0 Å². The lowest BCUT2D eigenvalue weighted by atomic mass is 9.96. The maximum absolute atomic E-state index is 12.5. The van der Waals surface area contributed by atoms with E-state index >= 15 is 0 Å². The molecule has 0 aliphatic heterocycles. The van der Waals surface area contributed by atoms with E-state index < -0.39 is 0 Å². The third kappa shape index (κ3) is 3.16. The minimum Gasteiger partial charge on any atom is -0.349 e. The minimum absolute atomic E-state index is 0.0378. The Labute approximate surface area is 131 Å². The van der Waals surface area contributed by atoms with Crippen molar-refractivity contribution < 1.29 is 4.79 Å². The molecule has 118 valence electrons. The molecule has 1 fully saturated rings. The van der Waals surface area contributed by atoms with Crippen molar-refractivity contribution in [2.24, 2.45) is 7.05 Å². The molecule has 22 heavy (non-hydrogen) atoms. The van der Waals surface area contributed by atoms with E-state index in [-0.39, 0.29) is 5.91 Å². The molecule has 1 aromatic carbocycles. The molecule has 0 atom stereocenters. The first-order valence-electron chi connectivity index (χ1n) is 8.39. The van der Waals surface area contributed by atoms with Gasteiger partial charge in [-0.2, -0.15) is 0 Å². The van der Waals surface area contributed by atoms with Gasteiger partial charge >= 0.3 is 0 Å². The first kappa shape index (κ1) is 15.1. The lowest BCUT2D eigenvalue weighted by molar-refractivity contribution is 0.0930. The van der Waals surface area contributed by atoms with Crippen molar-refractivity contribution in [1.29, 1.82) is 0 Å². The first-order chi connectivity index (χ1) is 10.6. The van der Waals surface area contributed by atoms with Crippen LogP contribution in [0, 0.1) is 6.92 Å². The van der Waals surface area contributed by atoms with Gasteiger partial charge in [-0.1, -0.05) is 32.1 Å². The van der Waals surface area contributed by atoms with Gasteiger partial charge in [0.25, 0.3) is 5.91 Å². The second-order valence-corrected chi connectivity index (χ2v) is 6.44. The van der Waals surface area contributed by atoms with Crippen molar-refractivity contribution in [2.45, 2.75) is 57.9 Å². The number of rotatable bonds is 2. The number of carbonyl (C=O) groups excluding carboxylic acids is 1. The highest BCUT2D eigenvalue weighted by Gasteiger charge is 2.16. The summed E-state index contributed by atoms with van der Waals surface area (Å²) in [5, 5.41) is 3.22. The topological polar surface area (TPSA) is 46.9 Å². The van der Waals surface area contributed by atoms with Crippen molar-refractivity contribution in [3.63, 3.8) is 0 Å². The number of nitrogens with one attached hydrogen (secondary N) is 1. The Morgan fingerprint density at radius 1 is 1.18 bits per heavy atom. The van der Waals surface area contributed by atoms with Crippen LogP contribution in [0.25, 0.3) is 11.0 Å². The molecule has 4 heteroatoms. The molecule has 1 saturated carbocycles. The van der Waals surface area contributed by atoms with Gasteiger partial charge in [0.2, 0.25) is 0 Å². The lowest BCUT2D eigenvalue weighted by Crippen LogP contribution is -2.35. The molecule has 1 aliphatic rings. The normalized spacial score (nSPS) is 17.2. The Morgan fingerprint density at radius 2 is 1.86 bits per heavy atom. The molecule has 1 heterocycles. The van der Waals surface area contributed by atoms with Gasteiger partial charge in [0.1, 0.15) is 5.82 Å². The second-order valence-electron chi connectivity index (χ2n) is 6.44. The highest BCUT2D eigenvalue weighted by molar-refractivity contribution is 5.97. The average Bonchev–Trinajstić information content (AvgIpc) is 2.76. The van der Waals surface area contributed by atoms with Crippen LogP contribution >= 0.6 is 0 Å². The lowest BCUT2D eigenvalue weighted by Gasteiger charge is -2.21. The Morgan fingerprint density at radius 3 is 2.59 bits per heavy atom. The molecule has 0 spiro atoms. The summed E-state index contributed by atoms with van der Waals surface area (Å²) in [6.45, 7) is 1.98. The van der Waals surface area contributed by atoms with Crippen LogP contribution in [0.4, 0.5) is 0 Å². The number of nitrogens with zero attached hydrogens (tertiary/aromatic N) is 2. The summed E-state index contributed by atoms with van der Waals surface area (Å²) < 4.78 is 2.05. The van der Waals surface area contributed by atoms with Crippen molar-refractivity contribution in [3.05, 3.63) is 29.6 Å². The Kier molecular flexibility index (Phi) is 4.46. The number of benzene rings is 1. The summed E-state index contributed by atoms with van der Waals surface area (Å²) in [7, 11) is 2.00. The van der Waals surface area contributed by atoms with Crippen LogP contribution in [-0.4, -0.2) is 21.5 Å². The van der Waals surface area contributed by atoms with E-state index in [1.54, 1.807) is 0 Å². The maximum Gasteiger partial charge on any atom is 0.251 e. The van der Waals surface area contributed by atoms with Gasteiger partial charge in [0, 0.05) is 18.7 Å². The highest BCUT2D eigenvalue weighted by atomic mass is 16.1. The van der Waals surface area contributed by atoms with Crippen LogP contribution in [-0.2, 0) is 7.05 Å². The number of carbonyl (C=O) groups is 1. The molecule has 1 aromatic heterocycles. The molecule has 3 rings (SSSR count). The van der Waals surface area contributed by atoms with Crippen LogP contribution in [0.15, 0.2) is 18.2 Å². The fourth-order valence-electron chi connectivity index (χ4n) is 3.33. The Bertz CT molecular complexity index is 666. The summed E-state index contributed by atoms with van der Waals surface area (Å²) in [5.74, 6) is 1.00. The Balaban J connectivity index is 1.73. The molecular weight excluding hydrogens is 274 g/mol. The van der Waals surface area contributed by atoms with Gasteiger partial charge in [-0.3, -0.25) is 4.79 Å². The highest BCUT2D eigenvalue weighted by Crippen LogP contribution is 2.19. The molecule has 0 unspecified atom stereocenters. The van der Waals surface area contributed by atoms with Gasteiger partial charge in [-0.25, -0.2) is 4.98 Å². The van der Waals surface area contributed by atoms with Crippen molar-refractivity contribution in [2.75, 3.05) is 0 Å². The third-order valence-electron chi connectivity index (χ3n) is 4.81. The number of hydrogen-bond acceptors (Lipinski definition) is 2. The number of aryl methyl sites for hydroxylation is 2. The number of aromatic nitrogens is 2. The third-order valence-corrected chi connectivity index (χ3v) is 4.81. The summed E-state index contributed by atoms with van der Waals surface area (Å²) in [6, 6.07) is 6.12. The molecule has 1 N–H and O–H groups in total. The summed E-state index contributed by atoms with van der Waals surface area (Å²) in [4.78, 5) is 17.0.